The molecule has 0 saturated carbocycles. The molecule has 146 valence electrons. The number of rotatable bonds is 5. The van der Waals surface area contributed by atoms with Crippen molar-refractivity contribution in [2.45, 2.75) is 4.90 Å². The van der Waals surface area contributed by atoms with Crippen LogP contribution in [0.5, 0.6) is 0 Å². The number of sulfonamides is 1. The Labute approximate surface area is 165 Å². The third kappa shape index (κ3) is 3.85. The number of thiazole rings is 1. The van der Waals surface area contributed by atoms with Gasteiger partial charge < -0.3 is 9.15 Å². The molecule has 0 radical (unpaired) electrons. The number of anilines is 1. The average molecular weight is 419 g/mol. The molecule has 0 unspecified atom stereocenters. The van der Waals surface area contributed by atoms with Crippen LogP contribution in [0.25, 0.3) is 11.3 Å². The summed E-state index contributed by atoms with van der Waals surface area (Å²) >= 11 is 1.28. The minimum Gasteiger partial charge on any atom is -0.459 e. The van der Waals surface area contributed by atoms with Gasteiger partial charge in [0.25, 0.3) is 5.91 Å². The SMILES string of the molecule is O=C(Nc1nc(-c2ccc(S(=O)(=O)N3CCOCC3)cc2)cs1)c1ccco1. The summed E-state index contributed by atoms with van der Waals surface area (Å²) in [4.78, 5) is 16.6. The maximum atomic E-state index is 12.7. The van der Waals surface area contributed by atoms with Crippen LogP contribution in [0.3, 0.4) is 0 Å². The lowest BCUT2D eigenvalue weighted by molar-refractivity contribution is 0.0730. The summed E-state index contributed by atoms with van der Waals surface area (Å²) in [7, 11) is -3.53. The van der Waals surface area contributed by atoms with E-state index in [2.05, 4.69) is 10.3 Å². The fourth-order valence-corrected chi connectivity index (χ4v) is 4.89. The van der Waals surface area contributed by atoms with Gasteiger partial charge in [0.05, 0.1) is 30.1 Å². The van der Waals surface area contributed by atoms with E-state index >= 15 is 0 Å². The zero-order valence-corrected chi connectivity index (χ0v) is 16.3. The van der Waals surface area contributed by atoms with E-state index in [0.717, 1.165) is 5.56 Å². The van der Waals surface area contributed by atoms with Crippen LogP contribution in [-0.2, 0) is 14.8 Å². The average Bonchev–Trinajstić information content (AvgIpc) is 3.41. The first kappa shape index (κ1) is 18.8. The zero-order chi connectivity index (χ0) is 19.6. The van der Waals surface area contributed by atoms with E-state index in [4.69, 9.17) is 9.15 Å². The maximum absolute atomic E-state index is 12.7. The molecule has 0 spiro atoms. The van der Waals surface area contributed by atoms with Gasteiger partial charge in [0.2, 0.25) is 10.0 Å². The number of nitrogens with one attached hydrogen (secondary N) is 1. The second kappa shape index (κ2) is 7.84. The Bertz CT molecular complexity index is 1050. The van der Waals surface area contributed by atoms with Crippen molar-refractivity contribution in [2.24, 2.45) is 0 Å². The molecule has 1 aliphatic rings. The van der Waals surface area contributed by atoms with E-state index in [1.165, 1.54) is 21.9 Å². The molecule has 3 heterocycles. The Hall–Kier alpha value is -2.53. The molecular weight excluding hydrogens is 402 g/mol. The van der Waals surface area contributed by atoms with Gasteiger partial charge in [-0.2, -0.15) is 4.31 Å². The number of carbonyl (C=O) groups excluding carboxylic acids is 1. The largest absolute Gasteiger partial charge is 0.459 e. The molecule has 0 aliphatic carbocycles. The predicted octanol–water partition coefficient (Wildman–Crippen LogP) is 2.68. The highest BCUT2D eigenvalue weighted by Gasteiger charge is 2.26. The Morgan fingerprint density at radius 3 is 2.57 bits per heavy atom. The van der Waals surface area contributed by atoms with Gasteiger partial charge in [0, 0.05) is 24.0 Å². The Balaban J connectivity index is 1.48. The normalized spacial score (nSPS) is 15.4. The molecule has 8 nitrogen and oxygen atoms in total. The van der Waals surface area contributed by atoms with Crippen molar-refractivity contribution in [1.82, 2.24) is 9.29 Å². The number of furan rings is 1. The summed E-state index contributed by atoms with van der Waals surface area (Å²) in [6.07, 6.45) is 1.43. The molecule has 28 heavy (non-hydrogen) atoms. The van der Waals surface area contributed by atoms with E-state index in [0.29, 0.717) is 37.1 Å². The van der Waals surface area contributed by atoms with E-state index < -0.39 is 10.0 Å². The van der Waals surface area contributed by atoms with Gasteiger partial charge in [0.15, 0.2) is 10.9 Å². The Kier molecular flexibility index (Phi) is 5.27. The molecule has 0 bridgehead atoms. The fraction of sp³-hybridized carbons (Fsp3) is 0.222. The van der Waals surface area contributed by atoms with Crippen LogP contribution in [0.2, 0.25) is 0 Å². The number of aromatic nitrogens is 1. The molecule has 1 aliphatic heterocycles. The molecule has 3 aromatic rings. The number of carbonyl (C=O) groups is 1. The van der Waals surface area contributed by atoms with Crippen LogP contribution in [-0.4, -0.2) is 49.9 Å². The summed E-state index contributed by atoms with van der Waals surface area (Å²) in [5.74, 6) is -0.174. The van der Waals surface area contributed by atoms with Crippen molar-refractivity contribution in [1.29, 1.82) is 0 Å². The van der Waals surface area contributed by atoms with Crippen LogP contribution >= 0.6 is 11.3 Å². The first-order valence-corrected chi connectivity index (χ1v) is 10.8. The highest BCUT2D eigenvalue weighted by molar-refractivity contribution is 7.89. The Morgan fingerprint density at radius 1 is 1.14 bits per heavy atom. The van der Waals surface area contributed by atoms with E-state index in [-0.39, 0.29) is 16.6 Å². The lowest BCUT2D eigenvalue weighted by Gasteiger charge is -2.26. The lowest BCUT2D eigenvalue weighted by atomic mass is 10.2. The van der Waals surface area contributed by atoms with Crippen molar-refractivity contribution in [3.63, 3.8) is 0 Å². The van der Waals surface area contributed by atoms with Crippen LogP contribution in [0.1, 0.15) is 10.6 Å². The quantitative estimate of drug-likeness (QED) is 0.682. The number of amides is 1. The Morgan fingerprint density at radius 2 is 1.89 bits per heavy atom. The summed E-state index contributed by atoms with van der Waals surface area (Å²) in [6, 6.07) is 9.76. The van der Waals surface area contributed by atoms with Crippen LogP contribution in [0, 0.1) is 0 Å². The molecule has 1 aromatic carbocycles. The van der Waals surface area contributed by atoms with Crippen molar-refractivity contribution >= 4 is 32.4 Å². The van der Waals surface area contributed by atoms with Gasteiger partial charge >= 0.3 is 0 Å². The number of hydrogen-bond donors (Lipinski definition) is 1. The molecule has 0 atom stereocenters. The second-order valence-corrected chi connectivity index (χ2v) is 8.81. The number of benzene rings is 1. The number of nitrogens with zero attached hydrogens (tertiary/aromatic N) is 2. The van der Waals surface area contributed by atoms with Crippen molar-refractivity contribution in [2.75, 3.05) is 31.6 Å². The van der Waals surface area contributed by atoms with Gasteiger partial charge in [-0.05, 0) is 24.3 Å². The fourth-order valence-electron chi connectivity index (χ4n) is 2.76. The summed E-state index contributed by atoms with van der Waals surface area (Å²) in [5.41, 5.74) is 1.41. The summed E-state index contributed by atoms with van der Waals surface area (Å²) in [5, 5.41) is 4.90. The first-order valence-electron chi connectivity index (χ1n) is 8.53. The van der Waals surface area contributed by atoms with Gasteiger partial charge in [-0.1, -0.05) is 12.1 Å². The predicted molar refractivity (Wildman–Crippen MR) is 104 cm³/mol. The first-order chi connectivity index (χ1) is 13.5. The third-order valence-corrected chi connectivity index (χ3v) is 6.90. The van der Waals surface area contributed by atoms with Crippen molar-refractivity contribution in [3.8, 4) is 11.3 Å². The van der Waals surface area contributed by atoms with E-state index in [9.17, 15) is 13.2 Å². The number of morpholine rings is 1. The van der Waals surface area contributed by atoms with Gasteiger partial charge in [-0.25, -0.2) is 13.4 Å². The molecule has 1 N–H and O–H groups in total. The van der Waals surface area contributed by atoms with Crippen LogP contribution in [0.4, 0.5) is 5.13 Å². The lowest BCUT2D eigenvalue weighted by Crippen LogP contribution is -2.40. The highest BCUT2D eigenvalue weighted by Crippen LogP contribution is 2.27. The van der Waals surface area contributed by atoms with Crippen molar-refractivity contribution < 1.29 is 22.4 Å². The third-order valence-electron chi connectivity index (χ3n) is 4.23. The minimum absolute atomic E-state index is 0.203. The molecule has 4 rings (SSSR count). The molecular formula is C18H17N3O5S2. The smallest absolute Gasteiger partial charge is 0.293 e. The van der Waals surface area contributed by atoms with E-state index in [1.54, 1.807) is 41.8 Å². The van der Waals surface area contributed by atoms with Crippen LogP contribution in [0.15, 0.2) is 57.4 Å². The van der Waals surface area contributed by atoms with Crippen LogP contribution < -0.4 is 5.32 Å². The van der Waals surface area contributed by atoms with E-state index in [1.807, 2.05) is 0 Å². The zero-order valence-electron chi connectivity index (χ0n) is 14.7. The molecule has 1 amide bonds. The number of hydrogen-bond acceptors (Lipinski definition) is 7. The van der Waals surface area contributed by atoms with Gasteiger partial charge in [-0.3, -0.25) is 10.1 Å². The molecule has 1 saturated heterocycles. The highest BCUT2D eigenvalue weighted by atomic mass is 32.2. The van der Waals surface area contributed by atoms with Crippen molar-refractivity contribution in [3.05, 3.63) is 53.8 Å². The monoisotopic (exact) mass is 419 g/mol. The number of ether oxygens (including phenoxy) is 1. The minimum atomic E-state index is -3.53. The molecule has 10 heteroatoms. The summed E-state index contributed by atoms with van der Waals surface area (Å²) in [6.45, 7) is 1.52. The molecule has 1 fully saturated rings. The topological polar surface area (TPSA) is 102 Å². The van der Waals surface area contributed by atoms with Gasteiger partial charge in [0.1, 0.15) is 0 Å². The summed E-state index contributed by atoms with van der Waals surface area (Å²) < 4.78 is 37.0. The second-order valence-electron chi connectivity index (χ2n) is 6.01. The maximum Gasteiger partial charge on any atom is 0.293 e. The molecule has 2 aromatic heterocycles. The van der Waals surface area contributed by atoms with Gasteiger partial charge in [-0.15, -0.1) is 11.3 Å². The standard InChI is InChI=1S/C18H17N3O5S2/c22-17(16-2-1-9-26-16)20-18-19-15(12-27-18)13-3-5-14(6-4-13)28(23,24)21-7-10-25-11-8-21/h1-6,9,12H,7-8,10-11H2,(H,19,20,22).